The third kappa shape index (κ3) is 3.58. The monoisotopic (exact) mass is 338 g/mol. The van der Waals surface area contributed by atoms with Gasteiger partial charge in [0.1, 0.15) is 0 Å². The highest BCUT2D eigenvalue weighted by molar-refractivity contribution is 9.11. The number of amides is 1. The number of anilines is 1. The molecule has 100 valence electrons. The summed E-state index contributed by atoms with van der Waals surface area (Å²) in [4.78, 5) is 13.3. The molecule has 0 radical (unpaired) electrons. The molecule has 0 aliphatic heterocycles. The average molecular weight is 339 g/mol. The summed E-state index contributed by atoms with van der Waals surface area (Å²) >= 11 is 5.11. The van der Waals surface area contributed by atoms with Crippen molar-refractivity contribution in [1.82, 2.24) is 5.32 Å². The Morgan fingerprint density at radius 3 is 2.79 bits per heavy atom. The van der Waals surface area contributed by atoms with Crippen LogP contribution in [0, 0.1) is 6.92 Å². The number of carbonyl (C=O) groups excluding carboxylic acids is 1. The lowest BCUT2D eigenvalue weighted by molar-refractivity contribution is 0.0954. The van der Waals surface area contributed by atoms with Crippen LogP contribution in [-0.4, -0.2) is 12.5 Å². The molecule has 3 nitrogen and oxygen atoms in total. The summed E-state index contributed by atoms with van der Waals surface area (Å²) in [7, 11) is 0. The quantitative estimate of drug-likeness (QED) is 0.839. The molecule has 1 aromatic carbocycles. The molecule has 3 N–H and O–H groups in total. The van der Waals surface area contributed by atoms with Gasteiger partial charge >= 0.3 is 0 Å². The van der Waals surface area contributed by atoms with Crippen molar-refractivity contribution < 1.29 is 4.79 Å². The molecule has 0 aliphatic rings. The molecule has 0 aliphatic carbocycles. The minimum Gasteiger partial charge on any atom is -0.398 e. The van der Waals surface area contributed by atoms with Crippen molar-refractivity contribution in [3.05, 3.63) is 50.1 Å². The molecule has 0 saturated carbocycles. The number of nitrogen functional groups attached to an aromatic ring is 1. The molecule has 0 bridgehead atoms. The summed E-state index contributed by atoms with van der Waals surface area (Å²) in [6.45, 7) is 2.50. The molecule has 0 unspecified atom stereocenters. The number of hydrogen-bond acceptors (Lipinski definition) is 3. The fourth-order valence-corrected chi connectivity index (χ4v) is 3.36. The van der Waals surface area contributed by atoms with Gasteiger partial charge in [-0.25, -0.2) is 0 Å². The molecule has 0 fully saturated rings. The largest absolute Gasteiger partial charge is 0.398 e. The van der Waals surface area contributed by atoms with E-state index in [4.69, 9.17) is 5.73 Å². The van der Waals surface area contributed by atoms with E-state index < -0.39 is 0 Å². The van der Waals surface area contributed by atoms with E-state index in [0.717, 1.165) is 15.8 Å². The van der Waals surface area contributed by atoms with Crippen molar-refractivity contribution in [3.63, 3.8) is 0 Å². The maximum atomic E-state index is 12.1. The SMILES string of the molecule is Cc1cccc(N)c1C(=O)NCCc1ccc(Br)s1. The molecule has 0 saturated heterocycles. The van der Waals surface area contributed by atoms with E-state index in [0.29, 0.717) is 17.8 Å². The number of nitrogens with two attached hydrogens (primary N) is 1. The molecule has 1 amide bonds. The first kappa shape index (κ1) is 14.1. The molecular formula is C14H15BrN2OS. The van der Waals surface area contributed by atoms with Gasteiger partial charge in [0.25, 0.3) is 5.91 Å². The number of hydrogen-bond donors (Lipinski definition) is 2. The lowest BCUT2D eigenvalue weighted by Gasteiger charge is -2.09. The Labute approximate surface area is 125 Å². The zero-order valence-electron chi connectivity index (χ0n) is 10.6. The van der Waals surface area contributed by atoms with E-state index in [2.05, 4.69) is 27.3 Å². The highest BCUT2D eigenvalue weighted by Crippen LogP contribution is 2.22. The number of carbonyl (C=O) groups is 1. The highest BCUT2D eigenvalue weighted by atomic mass is 79.9. The summed E-state index contributed by atoms with van der Waals surface area (Å²) in [6, 6.07) is 9.56. The molecular weight excluding hydrogens is 324 g/mol. The van der Waals surface area contributed by atoms with Crippen LogP contribution < -0.4 is 11.1 Å². The van der Waals surface area contributed by atoms with Gasteiger partial charge in [0.15, 0.2) is 0 Å². The number of thiophene rings is 1. The van der Waals surface area contributed by atoms with Gasteiger partial charge in [-0.1, -0.05) is 12.1 Å². The summed E-state index contributed by atoms with van der Waals surface area (Å²) in [5.41, 5.74) is 7.85. The molecule has 0 spiro atoms. The van der Waals surface area contributed by atoms with Gasteiger partial charge < -0.3 is 11.1 Å². The predicted molar refractivity (Wildman–Crippen MR) is 83.6 cm³/mol. The fraction of sp³-hybridized carbons (Fsp3) is 0.214. The maximum Gasteiger partial charge on any atom is 0.253 e. The third-order valence-electron chi connectivity index (χ3n) is 2.82. The Balaban J connectivity index is 1.94. The van der Waals surface area contributed by atoms with Crippen molar-refractivity contribution in [1.29, 1.82) is 0 Å². The van der Waals surface area contributed by atoms with Crippen molar-refractivity contribution in [3.8, 4) is 0 Å². The van der Waals surface area contributed by atoms with E-state index in [1.807, 2.05) is 25.1 Å². The Morgan fingerprint density at radius 1 is 1.37 bits per heavy atom. The Bertz CT molecular complexity index is 575. The molecule has 1 aromatic heterocycles. The van der Waals surface area contributed by atoms with Crippen LogP contribution in [0.1, 0.15) is 20.8 Å². The van der Waals surface area contributed by atoms with Crippen LogP contribution in [0.25, 0.3) is 0 Å². The fourth-order valence-electron chi connectivity index (χ4n) is 1.87. The molecule has 5 heteroatoms. The normalized spacial score (nSPS) is 10.4. The van der Waals surface area contributed by atoms with Crippen LogP contribution >= 0.6 is 27.3 Å². The summed E-state index contributed by atoms with van der Waals surface area (Å²) in [6.07, 6.45) is 0.827. The second kappa shape index (κ2) is 6.21. The van der Waals surface area contributed by atoms with E-state index in [9.17, 15) is 4.79 Å². The second-order valence-corrected chi connectivity index (χ2v) is 6.80. The van der Waals surface area contributed by atoms with Gasteiger partial charge in [0.05, 0.1) is 9.35 Å². The van der Waals surface area contributed by atoms with Gasteiger partial charge in [-0.15, -0.1) is 11.3 Å². The summed E-state index contributed by atoms with van der Waals surface area (Å²) < 4.78 is 1.11. The lowest BCUT2D eigenvalue weighted by Crippen LogP contribution is -2.27. The number of benzene rings is 1. The van der Waals surface area contributed by atoms with Gasteiger partial charge in [0, 0.05) is 17.1 Å². The van der Waals surface area contributed by atoms with Crippen molar-refractivity contribution in [2.45, 2.75) is 13.3 Å². The van der Waals surface area contributed by atoms with Crippen LogP contribution in [0.3, 0.4) is 0 Å². The van der Waals surface area contributed by atoms with E-state index in [1.165, 1.54) is 4.88 Å². The zero-order valence-corrected chi connectivity index (χ0v) is 13.0. The number of halogens is 1. The topological polar surface area (TPSA) is 55.1 Å². The van der Waals surface area contributed by atoms with Crippen molar-refractivity contribution in [2.75, 3.05) is 12.3 Å². The van der Waals surface area contributed by atoms with Gasteiger partial charge in [-0.2, -0.15) is 0 Å². The summed E-state index contributed by atoms with van der Waals surface area (Å²) in [5, 5.41) is 2.91. The smallest absolute Gasteiger partial charge is 0.253 e. The van der Waals surface area contributed by atoms with E-state index in [1.54, 1.807) is 17.4 Å². The van der Waals surface area contributed by atoms with Crippen LogP contribution in [0.4, 0.5) is 5.69 Å². The molecule has 1 heterocycles. The first-order chi connectivity index (χ1) is 9.08. The summed E-state index contributed by atoms with van der Waals surface area (Å²) in [5.74, 6) is -0.105. The first-order valence-electron chi connectivity index (χ1n) is 5.95. The molecule has 19 heavy (non-hydrogen) atoms. The second-order valence-electron chi connectivity index (χ2n) is 4.25. The predicted octanol–water partition coefficient (Wildman–Crippen LogP) is 3.37. The van der Waals surface area contributed by atoms with E-state index in [-0.39, 0.29) is 5.91 Å². The Kier molecular flexibility index (Phi) is 4.61. The van der Waals surface area contributed by atoms with Crippen LogP contribution in [0.5, 0.6) is 0 Å². The Hall–Kier alpha value is -1.33. The highest BCUT2D eigenvalue weighted by Gasteiger charge is 2.11. The van der Waals surface area contributed by atoms with Crippen molar-refractivity contribution >= 4 is 38.9 Å². The van der Waals surface area contributed by atoms with Gasteiger partial charge in [-0.05, 0) is 53.0 Å². The van der Waals surface area contributed by atoms with Gasteiger partial charge in [-0.3, -0.25) is 4.79 Å². The van der Waals surface area contributed by atoms with Gasteiger partial charge in [0.2, 0.25) is 0 Å². The maximum absolute atomic E-state index is 12.1. The van der Waals surface area contributed by atoms with Crippen molar-refractivity contribution in [2.24, 2.45) is 0 Å². The minimum atomic E-state index is -0.105. The minimum absolute atomic E-state index is 0.105. The molecule has 2 rings (SSSR count). The first-order valence-corrected chi connectivity index (χ1v) is 7.56. The van der Waals surface area contributed by atoms with E-state index >= 15 is 0 Å². The number of rotatable bonds is 4. The van der Waals surface area contributed by atoms with Crippen LogP contribution in [0.15, 0.2) is 34.1 Å². The van der Waals surface area contributed by atoms with Crippen LogP contribution in [0.2, 0.25) is 0 Å². The van der Waals surface area contributed by atoms with Crippen LogP contribution in [-0.2, 0) is 6.42 Å². The molecule has 2 aromatic rings. The number of aryl methyl sites for hydroxylation is 1. The zero-order chi connectivity index (χ0) is 13.8. The number of nitrogens with one attached hydrogen (secondary N) is 1. The lowest BCUT2D eigenvalue weighted by atomic mass is 10.1. The standard InChI is InChI=1S/C14H15BrN2OS/c1-9-3-2-4-11(16)13(9)14(18)17-8-7-10-5-6-12(15)19-10/h2-6H,7-8,16H2,1H3,(H,17,18). The average Bonchev–Trinajstić information content (AvgIpc) is 2.75. The third-order valence-corrected chi connectivity index (χ3v) is 4.50. The molecule has 0 atom stereocenters. The Morgan fingerprint density at radius 2 is 2.16 bits per heavy atom.